The Labute approximate surface area is 137 Å². The van der Waals surface area contributed by atoms with E-state index in [1.165, 1.54) is 16.0 Å². The summed E-state index contributed by atoms with van der Waals surface area (Å²) in [4.78, 5) is 17.1. The van der Waals surface area contributed by atoms with Crippen molar-refractivity contribution >= 4 is 33.6 Å². The first-order valence-corrected chi connectivity index (χ1v) is 8.43. The number of pyridine rings is 1. The van der Waals surface area contributed by atoms with Crippen LogP contribution in [-0.2, 0) is 0 Å². The Hall–Kier alpha value is -1.33. The van der Waals surface area contributed by atoms with Crippen molar-refractivity contribution in [3.05, 3.63) is 57.8 Å². The average molecular weight is 365 g/mol. The van der Waals surface area contributed by atoms with E-state index in [9.17, 15) is 4.79 Å². The number of benzene rings is 1. The number of halogens is 1. The minimum absolute atomic E-state index is 0.0931. The summed E-state index contributed by atoms with van der Waals surface area (Å²) in [6.45, 7) is 4.85. The number of hydrogen-bond acceptors (Lipinski definition) is 3. The average Bonchev–Trinajstić information content (AvgIpc) is 2.47. The van der Waals surface area contributed by atoms with E-state index in [0.29, 0.717) is 12.1 Å². The molecule has 0 fully saturated rings. The standard InChI is InChI=1S/C16H17BrN2OS/c1-11-3-4-15(7-12(11)2)21-6-5-19-16(20)13-8-14(17)10-18-9-13/h3-4,7-10H,5-6H2,1-2H3,(H,19,20). The van der Waals surface area contributed by atoms with Gasteiger partial charge >= 0.3 is 0 Å². The summed E-state index contributed by atoms with van der Waals surface area (Å²) < 4.78 is 0.805. The van der Waals surface area contributed by atoms with Crippen molar-refractivity contribution in [3.8, 4) is 0 Å². The lowest BCUT2D eigenvalue weighted by atomic mass is 10.1. The zero-order chi connectivity index (χ0) is 15.2. The van der Waals surface area contributed by atoms with Gasteiger partial charge in [-0.3, -0.25) is 9.78 Å². The monoisotopic (exact) mass is 364 g/mol. The van der Waals surface area contributed by atoms with E-state index in [-0.39, 0.29) is 5.91 Å². The van der Waals surface area contributed by atoms with Crippen LogP contribution in [0.15, 0.2) is 46.0 Å². The fourth-order valence-corrected chi connectivity index (χ4v) is 3.00. The van der Waals surface area contributed by atoms with E-state index in [0.717, 1.165) is 10.2 Å². The van der Waals surface area contributed by atoms with E-state index < -0.39 is 0 Å². The van der Waals surface area contributed by atoms with Gasteiger partial charge in [-0.2, -0.15) is 0 Å². The predicted octanol–water partition coefficient (Wildman–Crippen LogP) is 3.98. The van der Waals surface area contributed by atoms with Gasteiger partial charge in [-0.05, 0) is 59.1 Å². The van der Waals surface area contributed by atoms with Gasteiger partial charge in [0, 0.05) is 34.1 Å². The smallest absolute Gasteiger partial charge is 0.252 e. The quantitative estimate of drug-likeness (QED) is 0.644. The van der Waals surface area contributed by atoms with E-state index in [1.54, 1.807) is 30.2 Å². The Balaban J connectivity index is 1.79. The molecule has 0 radical (unpaired) electrons. The highest BCUT2D eigenvalue weighted by Crippen LogP contribution is 2.20. The van der Waals surface area contributed by atoms with Gasteiger partial charge in [0.2, 0.25) is 0 Å². The van der Waals surface area contributed by atoms with E-state index in [2.05, 4.69) is 58.3 Å². The topological polar surface area (TPSA) is 42.0 Å². The number of amides is 1. The summed E-state index contributed by atoms with van der Waals surface area (Å²) in [5.74, 6) is 0.750. The number of nitrogens with one attached hydrogen (secondary N) is 1. The van der Waals surface area contributed by atoms with E-state index >= 15 is 0 Å². The molecule has 5 heteroatoms. The molecule has 1 amide bonds. The summed E-state index contributed by atoms with van der Waals surface area (Å²) in [6.07, 6.45) is 3.23. The first-order chi connectivity index (χ1) is 10.1. The molecule has 21 heavy (non-hydrogen) atoms. The number of carbonyl (C=O) groups is 1. The lowest BCUT2D eigenvalue weighted by Gasteiger charge is -2.07. The van der Waals surface area contributed by atoms with E-state index in [4.69, 9.17) is 0 Å². The molecule has 110 valence electrons. The highest BCUT2D eigenvalue weighted by Gasteiger charge is 2.05. The predicted molar refractivity (Wildman–Crippen MR) is 90.9 cm³/mol. The molecular weight excluding hydrogens is 348 g/mol. The SMILES string of the molecule is Cc1ccc(SCCNC(=O)c2cncc(Br)c2)cc1C. The maximum atomic E-state index is 11.9. The zero-order valence-electron chi connectivity index (χ0n) is 12.0. The first kappa shape index (κ1) is 16.0. The molecule has 0 aliphatic rings. The molecule has 0 bridgehead atoms. The molecule has 0 saturated heterocycles. The molecule has 0 spiro atoms. The Morgan fingerprint density at radius 3 is 2.76 bits per heavy atom. The van der Waals surface area contributed by atoms with Crippen LogP contribution in [0, 0.1) is 13.8 Å². The lowest BCUT2D eigenvalue weighted by molar-refractivity contribution is 0.0955. The molecule has 2 rings (SSSR count). The van der Waals surface area contributed by atoms with Crippen LogP contribution < -0.4 is 5.32 Å². The van der Waals surface area contributed by atoms with Crippen LogP contribution in [0.4, 0.5) is 0 Å². The van der Waals surface area contributed by atoms with Gasteiger partial charge in [-0.25, -0.2) is 0 Å². The number of aromatic nitrogens is 1. The Bertz CT molecular complexity index is 646. The third-order valence-corrected chi connectivity index (χ3v) is 4.53. The molecule has 1 heterocycles. The number of hydrogen-bond donors (Lipinski definition) is 1. The van der Waals surface area contributed by atoms with Crippen molar-refractivity contribution < 1.29 is 4.79 Å². The van der Waals surface area contributed by atoms with Gasteiger partial charge in [-0.1, -0.05) is 6.07 Å². The Morgan fingerprint density at radius 2 is 2.05 bits per heavy atom. The maximum Gasteiger partial charge on any atom is 0.252 e. The summed E-state index contributed by atoms with van der Waals surface area (Å²) in [6, 6.07) is 8.19. The Kier molecular flexibility index (Phi) is 5.82. The molecule has 2 aromatic rings. The molecule has 3 nitrogen and oxygen atoms in total. The van der Waals surface area contributed by atoms with Crippen molar-refractivity contribution in [1.82, 2.24) is 10.3 Å². The summed E-state index contributed by atoms with van der Waals surface area (Å²) >= 11 is 5.05. The first-order valence-electron chi connectivity index (χ1n) is 6.65. The molecule has 1 N–H and O–H groups in total. The van der Waals surface area contributed by atoms with E-state index in [1.807, 2.05) is 0 Å². The molecular formula is C16H17BrN2OS. The van der Waals surface area contributed by atoms with Crippen molar-refractivity contribution in [1.29, 1.82) is 0 Å². The second-order valence-corrected chi connectivity index (χ2v) is 6.83. The van der Waals surface area contributed by atoms with Gasteiger partial charge in [0.25, 0.3) is 5.91 Å². The minimum Gasteiger partial charge on any atom is -0.351 e. The van der Waals surface area contributed by atoms with Gasteiger partial charge < -0.3 is 5.32 Å². The molecule has 0 aliphatic carbocycles. The molecule has 1 aromatic heterocycles. The zero-order valence-corrected chi connectivity index (χ0v) is 14.4. The van der Waals surface area contributed by atoms with Gasteiger partial charge in [0.1, 0.15) is 0 Å². The fraction of sp³-hybridized carbons (Fsp3) is 0.250. The summed E-state index contributed by atoms with van der Waals surface area (Å²) in [5, 5.41) is 2.90. The second-order valence-electron chi connectivity index (χ2n) is 4.74. The van der Waals surface area contributed by atoms with Gasteiger partial charge in [0.15, 0.2) is 0 Å². The van der Waals surface area contributed by atoms with Crippen molar-refractivity contribution in [2.75, 3.05) is 12.3 Å². The van der Waals surface area contributed by atoms with Crippen LogP contribution in [0.5, 0.6) is 0 Å². The van der Waals surface area contributed by atoms with Crippen LogP contribution in [0.1, 0.15) is 21.5 Å². The van der Waals surface area contributed by atoms with Crippen LogP contribution in [0.3, 0.4) is 0 Å². The number of aryl methyl sites for hydroxylation is 2. The summed E-state index contributed by atoms with van der Waals surface area (Å²) in [5.41, 5.74) is 3.17. The largest absolute Gasteiger partial charge is 0.351 e. The maximum absolute atomic E-state index is 11.9. The summed E-state index contributed by atoms with van der Waals surface area (Å²) in [7, 11) is 0. The third kappa shape index (κ3) is 4.86. The highest BCUT2D eigenvalue weighted by molar-refractivity contribution is 9.10. The van der Waals surface area contributed by atoms with Crippen LogP contribution in [0.2, 0.25) is 0 Å². The van der Waals surface area contributed by atoms with Gasteiger partial charge in [-0.15, -0.1) is 11.8 Å². The molecule has 0 unspecified atom stereocenters. The number of carbonyl (C=O) groups excluding carboxylic acids is 1. The van der Waals surface area contributed by atoms with Gasteiger partial charge in [0.05, 0.1) is 5.56 Å². The van der Waals surface area contributed by atoms with Crippen molar-refractivity contribution in [2.24, 2.45) is 0 Å². The highest BCUT2D eigenvalue weighted by atomic mass is 79.9. The number of thioether (sulfide) groups is 1. The fourth-order valence-electron chi connectivity index (χ4n) is 1.78. The van der Waals surface area contributed by atoms with Crippen LogP contribution in [-0.4, -0.2) is 23.2 Å². The Morgan fingerprint density at radius 1 is 1.24 bits per heavy atom. The number of nitrogens with zero attached hydrogens (tertiary/aromatic N) is 1. The normalized spacial score (nSPS) is 10.4. The minimum atomic E-state index is -0.0931. The van der Waals surface area contributed by atoms with Crippen LogP contribution in [0.25, 0.3) is 0 Å². The van der Waals surface area contributed by atoms with Crippen LogP contribution >= 0.6 is 27.7 Å². The van der Waals surface area contributed by atoms with Crippen molar-refractivity contribution in [2.45, 2.75) is 18.7 Å². The lowest BCUT2D eigenvalue weighted by Crippen LogP contribution is -2.25. The van der Waals surface area contributed by atoms with Crippen molar-refractivity contribution in [3.63, 3.8) is 0 Å². The second kappa shape index (κ2) is 7.61. The third-order valence-electron chi connectivity index (χ3n) is 3.10. The molecule has 0 saturated carbocycles. The number of rotatable bonds is 5. The molecule has 0 aliphatic heterocycles. The molecule has 0 atom stereocenters. The molecule has 1 aromatic carbocycles.